The molecule has 0 spiro atoms. The maximum absolute atomic E-state index is 13.7. The van der Waals surface area contributed by atoms with E-state index >= 15 is 0 Å². The van der Waals surface area contributed by atoms with Crippen LogP contribution in [0.15, 0.2) is 95.2 Å². The number of carbonyl (C=O) groups excluding carboxylic acids is 2. The van der Waals surface area contributed by atoms with Gasteiger partial charge in [0.2, 0.25) is 0 Å². The van der Waals surface area contributed by atoms with Crippen molar-refractivity contribution < 1.29 is 33.6 Å². The van der Waals surface area contributed by atoms with E-state index < -0.39 is 0 Å². The van der Waals surface area contributed by atoms with Gasteiger partial charge >= 0.3 is 0 Å². The minimum absolute atomic E-state index is 0. The van der Waals surface area contributed by atoms with Crippen LogP contribution >= 0.6 is 0 Å². The van der Waals surface area contributed by atoms with Gasteiger partial charge in [-0.05, 0) is 58.7 Å². The van der Waals surface area contributed by atoms with Crippen molar-refractivity contribution in [2.24, 2.45) is 9.98 Å². The number of carbonyl (C=O) groups is 2. The molecule has 4 aromatic rings. The maximum Gasteiger partial charge on any atom is 0.260 e. The lowest BCUT2D eigenvalue weighted by Gasteiger charge is -2.19. The van der Waals surface area contributed by atoms with Gasteiger partial charge in [-0.2, -0.15) is 0 Å². The van der Waals surface area contributed by atoms with Crippen molar-refractivity contribution in [1.29, 1.82) is 0 Å². The van der Waals surface area contributed by atoms with Crippen LogP contribution in [0.25, 0.3) is 11.1 Å². The van der Waals surface area contributed by atoms with Gasteiger partial charge in [0.05, 0.1) is 62.0 Å². The van der Waals surface area contributed by atoms with Crippen molar-refractivity contribution in [3.63, 3.8) is 0 Å². The van der Waals surface area contributed by atoms with Crippen molar-refractivity contribution in [1.82, 2.24) is 9.80 Å². The molecule has 276 valence electrons. The number of aliphatic imine (C=N–C) groups is 2. The van der Waals surface area contributed by atoms with Crippen LogP contribution in [0.4, 0.5) is 17.1 Å². The highest BCUT2D eigenvalue weighted by Crippen LogP contribution is 2.42. The first-order valence-corrected chi connectivity index (χ1v) is 17.3. The Labute approximate surface area is 313 Å². The molecule has 4 aliphatic rings. The highest BCUT2D eigenvalue weighted by molar-refractivity contribution is 6.06. The summed E-state index contributed by atoms with van der Waals surface area (Å²) in [5.74, 6) is 1.61. The van der Waals surface area contributed by atoms with Crippen molar-refractivity contribution in [3.05, 3.63) is 107 Å². The number of phenols is 1. The van der Waals surface area contributed by atoms with Crippen LogP contribution in [-0.4, -0.2) is 78.7 Å². The van der Waals surface area contributed by atoms with E-state index in [4.69, 9.17) is 24.7 Å². The number of nitrogen functional groups attached to an aromatic ring is 1. The molecule has 8 rings (SSSR count). The Kier molecular flexibility index (Phi) is 9.83. The topological polar surface area (TPSA) is 149 Å². The smallest absolute Gasteiger partial charge is 0.260 e. The van der Waals surface area contributed by atoms with Crippen LogP contribution in [0, 0.1) is 0 Å². The minimum Gasteiger partial charge on any atom is -0.508 e. The number of nitrogens with two attached hydrogens (primary N) is 1. The maximum atomic E-state index is 13.7. The molecule has 4 aromatic carbocycles. The molecule has 3 N–H and O–H groups in total. The standard InChI is InChI=1S/C41H37N5O7.CH4/c1-50-36-16-32-34(43-20-29-14-26(22-45(29)40(32)48)24-4-8-28(42)9-5-24)18-38(36)52-12-3-13-53-39-19-35-33(17-37(39)51-2)41(49)46-23-27(15-30(46)21-44-35)25-6-10-31(47)11-7-25;/h4-11,16-23,29-30,47H,3,12-15,42H2,1-2H3;1H4. The number of ether oxygens (including phenoxy) is 4. The Bertz CT molecular complexity index is 2070. The minimum atomic E-state index is -0.234. The first kappa shape index (κ1) is 35.8. The predicted octanol–water partition coefficient (Wildman–Crippen LogP) is 7.42. The van der Waals surface area contributed by atoms with E-state index in [2.05, 4.69) is 9.98 Å². The van der Waals surface area contributed by atoms with E-state index in [1.807, 2.05) is 48.8 Å². The van der Waals surface area contributed by atoms with E-state index in [9.17, 15) is 14.7 Å². The van der Waals surface area contributed by atoms with E-state index in [0.29, 0.717) is 83.7 Å². The summed E-state index contributed by atoms with van der Waals surface area (Å²) in [5.41, 5.74) is 12.4. The zero-order valence-corrected chi connectivity index (χ0v) is 29.2. The Morgan fingerprint density at radius 3 is 1.57 bits per heavy atom. The fraction of sp³-hybridized carbons (Fsp3) is 0.238. The normalized spacial score (nSPS) is 18.0. The number of methoxy groups -OCH3 is 2. The van der Waals surface area contributed by atoms with E-state index in [0.717, 1.165) is 22.3 Å². The third kappa shape index (κ3) is 6.73. The summed E-state index contributed by atoms with van der Waals surface area (Å²) in [6.07, 6.45) is 9.08. The van der Waals surface area contributed by atoms with Gasteiger partial charge in [-0.3, -0.25) is 19.6 Å². The molecule has 0 fully saturated rings. The Balaban J connectivity index is 0.00000450. The number of rotatable bonds is 10. The number of phenolic OH excluding ortho intramolecular Hbond substituents is 1. The van der Waals surface area contributed by atoms with Crippen molar-refractivity contribution in [2.45, 2.75) is 38.8 Å². The summed E-state index contributed by atoms with van der Waals surface area (Å²) in [6, 6.07) is 20.9. The number of amides is 2. The van der Waals surface area contributed by atoms with E-state index in [-0.39, 0.29) is 37.1 Å². The molecule has 0 aromatic heterocycles. The summed E-state index contributed by atoms with van der Waals surface area (Å²) >= 11 is 0. The van der Waals surface area contributed by atoms with E-state index in [1.165, 1.54) is 14.2 Å². The van der Waals surface area contributed by atoms with Gasteiger partial charge in [0, 0.05) is 61.9 Å². The fourth-order valence-electron chi connectivity index (χ4n) is 6.94. The lowest BCUT2D eigenvalue weighted by atomic mass is 10.0. The molecule has 2 atom stereocenters. The molecule has 4 heterocycles. The van der Waals surface area contributed by atoms with E-state index in [1.54, 1.807) is 58.6 Å². The molecule has 54 heavy (non-hydrogen) atoms. The summed E-state index contributed by atoms with van der Waals surface area (Å²) in [6.45, 7) is 0.592. The number of benzene rings is 4. The van der Waals surface area contributed by atoms with Gasteiger partial charge in [0.1, 0.15) is 5.75 Å². The number of hydrogen-bond acceptors (Lipinski definition) is 10. The first-order valence-electron chi connectivity index (χ1n) is 17.3. The van der Waals surface area contributed by atoms with Crippen molar-refractivity contribution in [3.8, 4) is 28.7 Å². The van der Waals surface area contributed by atoms with Crippen LogP contribution < -0.4 is 24.7 Å². The third-order valence-corrected chi connectivity index (χ3v) is 9.75. The molecular weight excluding hydrogens is 686 g/mol. The number of hydrogen-bond donors (Lipinski definition) is 2. The Morgan fingerprint density at radius 1 is 0.685 bits per heavy atom. The van der Waals surface area contributed by atoms with Crippen LogP contribution in [0.2, 0.25) is 0 Å². The number of fused-ring (bicyclic) bond motifs is 4. The number of anilines is 1. The molecule has 0 bridgehead atoms. The highest BCUT2D eigenvalue weighted by atomic mass is 16.5. The largest absolute Gasteiger partial charge is 0.508 e. The summed E-state index contributed by atoms with van der Waals surface area (Å²) in [7, 11) is 3.06. The third-order valence-electron chi connectivity index (χ3n) is 9.75. The van der Waals surface area contributed by atoms with Gasteiger partial charge in [0.25, 0.3) is 11.8 Å². The monoisotopic (exact) mass is 727 g/mol. The van der Waals surface area contributed by atoms with Crippen molar-refractivity contribution in [2.75, 3.05) is 33.2 Å². The molecule has 0 aliphatic carbocycles. The SMILES string of the molecule is C.COc1cc2c(cc1OCCCOc1cc3c(cc1OC)C(=O)N1C=C(c4ccc(O)cc4)CC1C=N3)N=CC1CC(c3ccc(N)cc3)=CN1C2=O. The zero-order chi connectivity index (χ0) is 36.6. The van der Waals surface area contributed by atoms with Crippen LogP contribution in [0.5, 0.6) is 28.7 Å². The second-order valence-electron chi connectivity index (χ2n) is 13.1. The molecule has 0 saturated heterocycles. The molecule has 4 aliphatic heterocycles. The molecule has 0 radical (unpaired) electrons. The van der Waals surface area contributed by atoms with Crippen LogP contribution in [0.1, 0.15) is 58.5 Å². The molecule has 0 saturated carbocycles. The lowest BCUT2D eigenvalue weighted by molar-refractivity contribution is 0.0809. The van der Waals surface area contributed by atoms with Crippen molar-refractivity contribution >= 4 is 52.5 Å². The molecule has 12 nitrogen and oxygen atoms in total. The summed E-state index contributed by atoms with van der Waals surface area (Å²) in [4.78, 5) is 40.1. The summed E-state index contributed by atoms with van der Waals surface area (Å²) in [5, 5.41) is 9.66. The Morgan fingerprint density at radius 2 is 1.13 bits per heavy atom. The van der Waals surface area contributed by atoms with Crippen LogP contribution in [-0.2, 0) is 0 Å². The number of nitrogens with zero attached hydrogens (tertiary/aromatic N) is 4. The number of aromatic hydroxyl groups is 1. The first-order chi connectivity index (χ1) is 25.8. The summed E-state index contributed by atoms with van der Waals surface area (Å²) < 4.78 is 23.4. The Hall–Kier alpha value is -6.56. The predicted molar refractivity (Wildman–Crippen MR) is 209 cm³/mol. The molecule has 2 unspecified atom stereocenters. The molecular formula is C42H41N5O7. The van der Waals surface area contributed by atoms with Gasteiger partial charge in [-0.25, -0.2) is 0 Å². The average Bonchev–Trinajstić information content (AvgIpc) is 3.75. The molecule has 12 heteroatoms. The highest BCUT2D eigenvalue weighted by Gasteiger charge is 2.35. The van der Waals surface area contributed by atoms with Gasteiger partial charge in [-0.1, -0.05) is 31.7 Å². The van der Waals surface area contributed by atoms with Crippen LogP contribution in [0.3, 0.4) is 0 Å². The lowest BCUT2D eigenvalue weighted by Crippen LogP contribution is -2.32. The molecule has 2 amide bonds. The average molecular weight is 728 g/mol. The van der Waals surface area contributed by atoms with Gasteiger partial charge in [-0.15, -0.1) is 0 Å². The van der Waals surface area contributed by atoms with Gasteiger partial charge < -0.3 is 39.6 Å². The van der Waals surface area contributed by atoms with Gasteiger partial charge in [0.15, 0.2) is 23.0 Å². The zero-order valence-electron chi connectivity index (χ0n) is 29.2. The second kappa shape index (κ2) is 14.8. The second-order valence-corrected chi connectivity index (χ2v) is 13.1. The quantitative estimate of drug-likeness (QED) is 0.127. The fourth-order valence-corrected chi connectivity index (χ4v) is 6.94.